The van der Waals surface area contributed by atoms with E-state index in [0.717, 1.165) is 0 Å². The summed E-state index contributed by atoms with van der Waals surface area (Å²) in [4.78, 5) is 11.9. The lowest BCUT2D eigenvalue weighted by Crippen LogP contribution is -2.22. The van der Waals surface area contributed by atoms with Crippen LogP contribution in [0.4, 0.5) is 4.39 Å². The van der Waals surface area contributed by atoms with E-state index < -0.39 is 5.82 Å². The Bertz CT molecular complexity index is 628. The number of rotatable bonds is 4. The molecule has 0 heterocycles. The standard InChI is InChI=1S/C15H14FNO3/c1-20-14-8-10(6-7-12(14)16)15(19)17-9-11-4-2-3-5-13(11)18/h2-8,18H,9H2,1H3,(H,17,19). The molecule has 0 unspecified atom stereocenters. The van der Waals surface area contributed by atoms with Crippen molar-refractivity contribution in [1.29, 1.82) is 0 Å². The lowest BCUT2D eigenvalue weighted by Gasteiger charge is -2.08. The predicted molar refractivity (Wildman–Crippen MR) is 72.2 cm³/mol. The van der Waals surface area contributed by atoms with Crippen LogP contribution in [0.25, 0.3) is 0 Å². The number of hydrogen-bond acceptors (Lipinski definition) is 3. The molecular formula is C15H14FNO3. The predicted octanol–water partition coefficient (Wildman–Crippen LogP) is 2.47. The average molecular weight is 275 g/mol. The summed E-state index contributed by atoms with van der Waals surface area (Å²) in [5.74, 6) is -0.763. The van der Waals surface area contributed by atoms with Crippen LogP contribution in [0.2, 0.25) is 0 Å². The summed E-state index contributed by atoms with van der Waals surface area (Å²) in [5, 5.41) is 12.2. The van der Waals surface area contributed by atoms with Gasteiger partial charge in [0.25, 0.3) is 5.91 Å². The van der Waals surface area contributed by atoms with Crippen molar-refractivity contribution < 1.29 is 19.0 Å². The average Bonchev–Trinajstić information content (AvgIpc) is 2.46. The molecule has 5 heteroatoms. The van der Waals surface area contributed by atoms with Crippen LogP contribution in [0, 0.1) is 5.82 Å². The molecule has 0 spiro atoms. The Hall–Kier alpha value is -2.56. The highest BCUT2D eigenvalue weighted by molar-refractivity contribution is 5.94. The molecule has 0 aliphatic rings. The van der Waals surface area contributed by atoms with Crippen LogP contribution >= 0.6 is 0 Å². The van der Waals surface area contributed by atoms with Gasteiger partial charge in [0.1, 0.15) is 5.75 Å². The Balaban J connectivity index is 2.07. The van der Waals surface area contributed by atoms with Gasteiger partial charge in [-0.25, -0.2) is 4.39 Å². The molecule has 2 aromatic carbocycles. The SMILES string of the molecule is COc1cc(C(=O)NCc2ccccc2O)ccc1F. The number of halogens is 1. The summed E-state index contributed by atoms with van der Waals surface area (Å²) in [7, 11) is 1.34. The van der Waals surface area contributed by atoms with Gasteiger partial charge in [-0.3, -0.25) is 4.79 Å². The van der Waals surface area contributed by atoms with E-state index in [2.05, 4.69) is 5.32 Å². The van der Waals surface area contributed by atoms with Gasteiger partial charge in [-0.15, -0.1) is 0 Å². The number of ether oxygens (including phenoxy) is 1. The third-order valence-electron chi connectivity index (χ3n) is 2.84. The molecule has 1 amide bonds. The van der Waals surface area contributed by atoms with Crippen LogP contribution in [0.3, 0.4) is 0 Å². The largest absolute Gasteiger partial charge is 0.508 e. The van der Waals surface area contributed by atoms with Crippen LogP contribution in [-0.2, 0) is 6.54 Å². The summed E-state index contributed by atoms with van der Waals surface area (Å²) in [6.07, 6.45) is 0. The van der Waals surface area contributed by atoms with Crippen molar-refractivity contribution in [2.45, 2.75) is 6.54 Å². The molecule has 0 saturated carbocycles. The number of para-hydroxylation sites is 1. The monoisotopic (exact) mass is 275 g/mol. The van der Waals surface area contributed by atoms with Gasteiger partial charge in [0.15, 0.2) is 11.6 Å². The molecule has 0 saturated heterocycles. The molecule has 2 aromatic rings. The maximum absolute atomic E-state index is 13.2. The summed E-state index contributed by atoms with van der Waals surface area (Å²) in [5.41, 5.74) is 0.897. The van der Waals surface area contributed by atoms with Gasteiger partial charge < -0.3 is 15.2 Å². The zero-order valence-corrected chi connectivity index (χ0v) is 10.9. The van der Waals surface area contributed by atoms with Gasteiger partial charge in [0.2, 0.25) is 0 Å². The molecule has 20 heavy (non-hydrogen) atoms. The maximum Gasteiger partial charge on any atom is 0.251 e. The fourth-order valence-electron chi connectivity index (χ4n) is 1.74. The van der Waals surface area contributed by atoms with Crippen molar-refractivity contribution in [3.05, 3.63) is 59.4 Å². The first kappa shape index (κ1) is 13.9. The van der Waals surface area contributed by atoms with Crippen LogP contribution in [-0.4, -0.2) is 18.1 Å². The Morgan fingerprint density at radius 3 is 2.75 bits per heavy atom. The third-order valence-corrected chi connectivity index (χ3v) is 2.84. The van der Waals surface area contributed by atoms with Gasteiger partial charge in [0, 0.05) is 17.7 Å². The van der Waals surface area contributed by atoms with E-state index in [1.54, 1.807) is 24.3 Å². The first-order valence-corrected chi connectivity index (χ1v) is 6.00. The highest BCUT2D eigenvalue weighted by Gasteiger charge is 2.10. The molecule has 0 aliphatic carbocycles. The van der Waals surface area contributed by atoms with Crippen LogP contribution in [0.1, 0.15) is 15.9 Å². The molecular weight excluding hydrogens is 261 g/mol. The van der Waals surface area contributed by atoms with Crippen molar-refractivity contribution in [3.8, 4) is 11.5 Å². The lowest BCUT2D eigenvalue weighted by molar-refractivity contribution is 0.0950. The number of carbonyl (C=O) groups is 1. The Morgan fingerprint density at radius 1 is 1.30 bits per heavy atom. The molecule has 0 radical (unpaired) electrons. The molecule has 2 rings (SSSR count). The zero-order valence-electron chi connectivity index (χ0n) is 10.9. The van der Waals surface area contributed by atoms with E-state index in [-0.39, 0.29) is 24.0 Å². The summed E-state index contributed by atoms with van der Waals surface area (Å²) < 4.78 is 18.1. The van der Waals surface area contributed by atoms with Crippen molar-refractivity contribution in [3.63, 3.8) is 0 Å². The number of benzene rings is 2. The number of phenolic OH excluding ortho intramolecular Hbond substituents is 1. The minimum absolute atomic E-state index is 0.0141. The van der Waals surface area contributed by atoms with Gasteiger partial charge in [-0.1, -0.05) is 18.2 Å². The molecule has 0 aliphatic heterocycles. The molecule has 0 aromatic heterocycles. The Morgan fingerprint density at radius 2 is 2.05 bits per heavy atom. The Labute approximate surface area is 115 Å². The van der Waals surface area contributed by atoms with E-state index in [0.29, 0.717) is 11.1 Å². The number of aromatic hydroxyl groups is 1. The number of phenols is 1. The first-order chi connectivity index (χ1) is 9.61. The minimum atomic E-state index is -0.523. The van der Waals surface area contributed by atoms with Gasteiger partial charge in [-0.05, 0) is 24.3 Å². The third kappa shape index (κ3) is 3.06. The fourth-order valence-corrected chi connectivity index (χ4v) is 1.74. The topological polar surface area (TPSA) is 58.6 Å². The van der Waals surface area contributed by atoms with E-state index in [1.165, 1.54) is 25.3 Å². The fraction of sp³-hybridized carbons (Fsp3) is 0.133. The van der Waals surface area contributed by atoms with Crippen molar-refractivity contribution in [1.82, 2.24) is 5.32 Å². The van der Waals surface area contributed by atoms with Crippen molar-refractivity contribution in [2.75, 3.05) is 7.11 Å². The second kappa shape index (κ2) is 6.06. The van der Waals surface area contributed by atoms with Crippen LogP contribution < -0.4 is 10.1 Å². The van der Waals surface area contributed by atoms with E-state index in [9.17, 15) is 14.3 Å². The molecule has 0 atom stereocenters. The smallest absolute Gasteiger partial charge is 0.251 e. The first-order valence-electron chi connectivity index (χ1n) is 6.00. The minimum Gasteiger partial charge on any atom is -0.508 e. The second-order valence-electron chi connectivity index (χ2n) is 4.16. The van der Waals surface area contributed by atoms with Gasteiger partial charge in [0.05, 0.1) is 7.11 Å². The Kier molecular flexibility index (Phi) is 4.20. The maximum atomic E-state index is 13.2. The van der Waals surface area contributed by atoms with Gasteiger partial charge >= 0.3 is 0 Å². The van der Waals surface area contributed by atoms with Crippen molar-refractivity contribution in [2.24, 2.45) is 0 Å². The number of methoxy groups -OCH3 is 1. The van der Waals surface area contributed by atoms with Crippen molar-refractivity contribution >= 4 is 5.91 Å². The summed E-state index contributed by atoms with van der Waals surface area (Å²) in [6, 6.07) is 10.6. The number of amides is 1. The highest BCUT2D eigenvalue weighted by atomic mass is 19.1. The highest BCUT2D eigenvalue weighted by Crippen LogP contribution is 2.19. The normalized spacial score (nSPS) is 10.1. The number of hydrogen-bond donors (Lipinski definition) is 2. The molecule has 2 N–H and O–H groups in total. The van der Waals surface area contributed by atoms with E-state index in [4.69, 9.17) is 4.74 Å². The summed E-state index contributed by atoms with van der Waals surface area (Å²) in [6.45, 7) is 0.186. The molecule has 0 bridgehead atoms. The quantitative estimate of drug-likeness (QED) is 0.901. The number of carbonyl (C=O) groups excluding carboxylic acids is 1. The van der Waals surface area contributed by atoms with E-state index >= 15 is 0 Å². The summed E-state index contributed by atoms with van der Waals surface area (Å²) >= 11 is 0. The van der Waals surface area contributed by atoms with Gasteiger partial charge in [-0.2, -0.15) is 0 Å². The van der Waals surface area contributed by atoms with E-state index in [1.807, 2.05) is 0 Å². The second-order valence-corrected chi connectivity index (χ2v) is 4.16. The molecule has 104 valence electrons. The molecule has 4 nitrogen and oxygen atoms in total. The van der Waals surface area contributed by atoms with Crippen LogP contribution in [0.15, 0.2) is 42.5 Å². The number of nitrogens with one attached hydrogen (secondary N) is 1. The lowest BCUT2D eigenvalue weighted by atomic mass is 10.1. The molecule has 0 fully saturated rings. The zero-order chi connectivity index (χ0) is 14.5. The van der Waals surface area contributed by atoms with Crippen LogP contribution in [0.5, 0.6) is 11.5 Å².